The zero-order chi connectivity index (χ0) is 18.9. The van der Waals surface area contributed by atoms with Crippen LogP contribution in [-0.4, -0.2) is 51.1 Å². The fourth-order valence-corrected chi connectivity index (χ4v) is 6.87. The molecule has 5 nitrogen and oxygen atoms in total. The molecular weight excluding hydrogens is 380 g/mol. The highest BCUT2D eigenvalue weighted by atomic mass is 32.2. The lowest BCUT2D eigenvalue weighted by Crippen LogP contribution is -2.46. The van der Waals surface area contributed by atoms with E-state index in [1.54, 1.807) is 12.1 Å². The van der Waals surface area contributed by atoms with Crippen molar-refractivity contribution < 1.29 is 13.5 Å². The van der Waals surface area contributed by atoms with E-state index in [9.17, 15) is 13.5 Å². The van der Waals surface area contributed by atoms with Gasteiger partial charge in [0.25, 0.3) is 0 Å². The Morgan fingerprint density at radius 1 is 1.04 bits per heavy atom. The first-order chi connectivity index (χ1) is 13.0. The molecule has 2 aliphatic rings. The van der Waals surface area contributed by atoms with Gasteiger partial charge in [-0.3, -0.25) is 4.90 Å². The summed E-state index contributed by atoms with van der Waals surface area (Å²) >= 11 is 1.34. The molecule has 0 amide bonds. The van der Waals surface area contributed by atoms with Gasteiger partial charge in [0, 0.05) is 36.8 Å². The Morgan fingerprint density at radius 2 is 1.78 bits per heavy atom. The molecule has 0 saturated carbocycles. The van der Waals surface area contributed by atoms with Crippen molar-refractivity contribution in [1.82, 2.24) is 4.90 Å². The van der Waals surface area contributed by atoms with Crippen molar-refractivity contribution in [3.8, 4) is 5.75 Å². The number of fused-ring (bicyclic) bond motifs is 1. The Morgan fingerprint density at radius 3 is 2.52 bits per heavy atom. The van der Waals surface area contributed by atoms with E-state index in [2.05, 4.69) is 9.80 Å². The van der Waals surface area contributed by atoms with Gasteiger partial charge in [0.15, 0.2) is 0 Å². The Bertz CT molecular complexity index is 924. The van der Waals surface area contributed by atoms with Gasteiger partial charge in [-0.2, -0.15) is 0 Å². The van der Waals surface area contributed by atoms with Gasteiger partial charge < -0.3 is 10.0 Å². The quantitative estimate of drug-likeness (QED) is 0.829. The molecule has 1 aromatic heterocycles. The maximum Gasteiger partial charge on any atom is 0.212 e. The summed E-state index contributed by atoms with van der Waals surface area (Å²) in [6, 6.07) is 9.25. The molecule has 0 atom stereocenters. The van der Waals surface area contributed by atoms with Crippen LogP contribution in [0.3, 0.4) is 0 Å². The summed E-state index contributed by atoms with van der Waals surface area (Å²) in [6.07, 6.45) is 4.12. The van der Waals surface area contributed by atoms with Gasteiger partial charge >= 0.3 is 0 Å². The van der Waals surface area contributed by atoms with Crippen LogP contribution in [0.25, 0.3) is 0 Å². The number of sulfone groups is 1. The van der Waals surface area contributed by atoms with Crippen molar-refractivity contribution in [2.75, 3.05) is 37.6 Å². The second-order valence-corrected chi connectivity index (χ2v) is 10.2. The van der Waals surface area contributed by atoms with Crippen LogP contribution in [0.1, 0.15) is 18.4 Å². The zero-order valence-corrected chi connectivity index (χ0v) is 16.8. The maximum absolute atomic E-state index is 12.7. The third-order valence-corrected chi connectivity index (χ3v) is 8.84. The van der Waals surface area contributed by atoms with E-state index in [-0.39, 0.29) is 0 Å². The molecule has 0 bridgehead atoms. The van der Waals surface area contributed by atoms with Gasteiger partial charge in [0.2, 0.25) is 9.84 Å². The number of hydrogen-bond donors (Lipinski definition) is 1. The molecule has 2 aliphatic heterocycles. The predicted octanol–water partition coefficient (Wildman–Crippen LogP) is 3.27. The van der Waals surface area contributed by atoms with Crippen molar-refractivity contribution in [1.29, 1.82) is 0 Å². The van der Waals surface area contributed by atoms with Crippen LogP contribution in [0.2, 0.25) is 0 Å². The van der Waals surface area contributed by atoms with Crippen molar-refractivity contribution in [3.63, 3.8) is 0 Å². The smallest absolute Gasteiger partial charge is 0.212 e. The predicted molar refractivity (Wildman–Crippen MR) is 109 cm³/mol. The average Bonchev–Trinajstić information content (AvgIpc) is 3.15. The molecule has 144 valence electrons. The Hall–Kier alpha value is -1.83. The molecule has 1 saturated heterocycles. The van der Waals surface area contributed by atoms with Crippen LogP contribution < -0.4 is 4.90 Å². The van der Waals surface area contributed by atoms with Crippen LogP contribution in [-0.2, 0) is 16.3 Å². The number of phenols is 1. The standard InChI is InChI=1S/C20H24N2O3S2/c23-18-6-4-17(5-7-18)22-13-11-21(12-14-22)10-1-2-19-8-3-16-9-15-26-20(16)27(19,24)25/h4-9,15,23H,1-3,10-14H2. The summed E-state index contributed by atoms with van der Waals surface area (Å²) in [4.78, 5) is 5.33. The molecule has 1 aromatic carbocycles. The molecule has 7 heteroatoms. The van der Waals surface area contributed by atoms with E-state index < -0.39 is 9.84 Å². The number of thiophene rings is 1. The minimum atomic E-state index is -3.26. The first-order valence-corrected chi connectivity index (χ1v) is 11.7. The SMILES string of the molecule is O=S1(=O)C(CCCN2CCN(c3ccc(O)cc3)CC2)=CCc2ccsc21. The highest BCUT2D eigenvalue weighted by Gasteiger charge is 2.28. The van der Waals surface area contributed by atoms with Gasteiger partial charge in [0.1, 0.15) is 9.96 Å². The fraction of sp³-hybridized carbons (Fsp3) is 0.400. The highest BCUT2D eigenvalue weighted by Crippen LogP contribution is 2.35. The molecule has 1 fully saturated rings. The van der Waals surface area contributed by atoms with E-state index in [1.807, 2.05) is 29.7 Å². The third kappa shape index (κ3) is 3.90. The van der Waals surface area contributed by atoms with Crippen LogP contribution in [0.15, 0.2) is 50.9 Å². The van der Waals surface area contributed by atoms with Crippen LogP contribution in [0, 0.1) is 0 Å². The lowest BCUT2D eigenvalue weighted by atomic mass is 10.2. The molecular formula is C20H24N2O3S2. The van der Waals surface area contributed by atoms with Crippen LogP contribution >= 0.6 is 11.3 Å². The summed E-state index contributed by atoms with van der Waals surface area (Å²) in [5.74, 6) is 0.291. The molecule has 3 heterocycles. The van der Waals surface area contributed by atoms with Crippen molar-refractivity contribution in [2.24, 2.45) is 0 Å². The minimum absolute atomic E-state index is 0.291. The van der Waals surface area contributed by atoms with Gasteiger partial charge in [0.05, 0.1) is 0 Å². The van der Waals surface area contributed by atoms with Crippen molar-refractivity contribution in [3.05, 3.63) is 52.3 Å². The van der Waals surface area contributed by atoms with E-state index >= 15 is 0 Å². The molecule has 4 rings (SSSR count). The van der Waals surface area contributed by atoms with Crippen LogP contribution in [0.4, 0.5) is 5.69 Å². The van der Waals surface area contributed by atoms with E-state index in [1.165, 1.54) is 11.3 Å². The normalized spacial score (nSPS) is 19.6. The summed E-state index contributed by atoms with van der Waals surface area (Å²) in [5.41, 5.74) is 2.08. The fourth-order valence-electron chi connectivity index (χ4n) is 3.77. The minimum Gasteiger partial charge on any atom is -0.508 e. The highest BCUT2D eigenvalue weighted by molar-refractivity contribution is 7.97. The molecule has 0 radical (unpaired) electrons. The number of nitrogens with zero attached hydrogens (tertiary/aromatic N) is 2. The number of hydrogen-bond acceptors (Lipinski definition) is 6. The monoisotopic (exact) mass is 404 g/mol. The van der Waals surface area contributed by atoms with E-state index in [0.717, 1.165) is 56.8 Å². The van der Waals surface area contributed by atoms with Crippen molar-refractivity contribution in [2.45, 2.75) is 23.5 Å². The first-order valence-electron chi connectivity index (χ1n) is 9.31. The third-order valence-electron chi connectivity index (χ3n) is 5.33. The molecule has 0 unspecified atom stereocenters. The summed E-state index contributed by atoms with van der Waals surface area (Å²) < 4.78 is 25.9. The Balaban J connectivity index is 1.26. The zero-order valence-electron chi connectivity index (χ0n) is 15.2. The van der Waals surface area contributed by atoms with Gasteiger partial charge in [-0.25, -0.2) is 8.42 Å². The van der Waals surface area contributed by atoms with Gasteiger partial charge in [-0.1, -0.05) is 6.08 Å². The average molecular weight is 405 g/mol. The summed E-state index contributed by atoms with van der Waals surface area (Å²) in [5, 5.41) is 11.3. The Labute approximate surface area is 164 Å². The van der Waals surface area contributed by atoms with Gasteiger partial charge in [-0.05, 0) is 67.1 Å². The molecule has 0 aliphatic carbocycles. The number of piperazine rings is 1. The molecule has 0 spiro atoms. The van der Waals surface area contributed by atoms with Crippen molar-refractivity contribution >= 4 is 26.9 Å². The lowest BCUT2D eigenvalue weighted by molar-refractivity contribution is 0.255. The van der Waals surface area contributed by atoms with Crippen LogP contribution in [0.5, 0.6) is 5.75 Å². The summed E-state index contributed by atoms with van der Waals surface area (Å²) in [6.45, 7) is 4.77. The number of allylic oxidation sites excluding steroid dienone is 2. The first kappa shape index (κ1) is 18.5. The van der Waals surface area contributed by atoms with E-state index in [0.29, 0.717) is 21.3 Å². The second-order valence-electron chi connectivity index (χ2n) is 7.06. The topological polar surface area (TPSA) is 60.9 Å². The number of phenolic OH excluding ortho intramolecular Hbond substituents is 1. The largest absolute Gasteiger partial charge is 0.508 e. The maximum atomic E-state index is 12.7. The van der Waals surface area contributed by atoms with Gasteiger partial charge in [-0.15, -0.1) is 11.3 Å². The Kier molecular flexibility index (Phi) is 5.25. The number of aromatic hydroxyl groups is 1. The van der Waals surface area contributed by atoms with E-state index in [4.69, 9.17) is 0 Å². The molecule has 1 N–H and O–H groups in total. The number of rotatable bonds is 5. The number of anilines is 1. The number of benzene rings is 1. The second kappa shape index (κ2) is 7.66. The molecule has 2 aromatic rings. The summed E-state index contributed by atoms with van der Waals surface area (Å²) in [7, 11) is -3.26. The molecule has 27 heavy (non-hydrogen) atoms. The lowest BCUT2D eigenvalue weighted by Gasteiger charge is -2.36.